The lowest BCUT2D eigenvalue weighted by Gasteiger charge is -2.11. The summed E-state index contributed by atoms with van der Waals surface area (Å²) in [5, 5.41) is 3.42. The van der Waals surface area contributed by atoms with E-state index in [0.717, 1.165) is 4.57 Å². The highest BCUT2D eigenvalue weighted by molar-refractivity contribution is 6.42. The number of benzene rings is 2. The molecule has 0 radical (unpaired) electrons. The van der Waals surface area contributed by atoms with Crippen LogP contribution in [0.2, 0.25) is 15.1 Å². The van der Waals surface area contributed by atoms with Crippen molar-refractivity contribution in [2.24, 2.45) is 0 Å². The molecule has 0 spiro atoms. The summed E-state index contributed by atoms with van der Waals surface area (Å²) in [7, 11) is 0. The van der Waals surface area contributed by atoms with Gasteiger partial charge in [0.1, 0.15) is 6.54 Å². The van der Waals surface area contributed by atoms with Crippen molar-refractivity contribution < 1.29 is 14.3 Å². The first-order valence-electron chi connectivity index (χ1n) is 7.89. The number of esters is 1. The van der Waals surface area contributed by atoms with Gasteiger partial charge in [0, 0.05) is 5.02 Å². The summed E-state index contributed by atoms with van der Waals surface area (Å²) in [5.41, 5.74) is 0.295. The summed E-state index contributed by atoms with van der Waals surface area (Å²) in [6, 6.07) is 9.58. The van der Waals surface area contributed by atoms with Crippen molar-refractivity contribution in [2.75, 3.05) is 11.9 Å². The van der Waals surface area contributed by atoms with Gasteiger partial charge in [-0.2, -0.15) is 0 Å². The van der Waals surface area contributed by atoms with Gasteiger partial charge in [-0.3, -0.25) is 19.0 Å². The molecule has 1 heterocycles. The minimum Gasteiger partial charge on any atom is -0.454 e. The first-order chi connectivity index (χ1) is 13.3. The number of nitrogens with zero attached hydrogens (tertiary/aromatic N) is 2. The Kier molecular flexibility index (Phi) is 6.18. The van der Waals surface area contributed by atoms with E-state index in [4.69, 9.17) is 39.5 Å². The molecule has 2 aromatic carbocycles. The van der Waals surface area contributed by atoms with Gasteiger partial charge in [-0.25, -0.2) is 4.98 Å². The molecule has 0 aliphatic rings. The number of para-hydroxylation sites is 1. The third-order valence-corrected chi connectivity index (χ3v) is 4.48. The highest BCUT2D eigenvalue weighted by Crippen LogP contribution is 2.33. The quantitative estimate of drug-likeness (QED) is 0.613. The minimum absolute atomic E-state index is 0.144. The molecule has 0 unspecified atom stereocenters. The standard InChI is InChI=1S/C18H12Cl3N3O4/c19-10-5-12(20)17(13(21)6-10)23-15(25)8-28-16(26)7-24-9-22-14-4-2-1-3-11(14)18(24)27/h1-6,9H,7-8H2,(H,23,25). The number of nitrogens with one attached hydrogen (secondary N) is 1. The van der Waals surface area contributed by atoms with Crippen LogP contribution in [0.5, 0.6) is 0 Å². The molecule has 0 aliphatic carbocycles. The van der Waals surface area contributed by atoms with Gasteiger partial charge in [0.25, 0.3) is 11.5 Å². The molecule has 0 atom stereocenters. The van der Waals surface area contributed by atoms with E-state index in [-0.39, 0.29) is 27.8 Å². The predicted molar refractivity (Wildman–Crippen MR) is 107 cm³/mol. The highest BCUT2D eigenvalue weighted by Gasteiger charge is 2.14. The maximum atomic E-state index is 12.3. The SMILES string of the molecule is O=C(COC(=O)Cn1cnc2ccccc2c1=O)Nc1c(Cl)cc(Cl)cc1Cl. The lowest BCUT2D eigenvalue weighted by molar-refractivity contribution is -0.147. The Bertz CT molecular complexity index is 1110. The molecule has 1 amide bonds. The molecule has 1 N–H and O–H groups in total. The second kappa shape index (κ2) is 8.60. The number of ether oxygens (including phenoxy) is 1. The van der Waals surface area contributed by atoms with Crippen LogP contribution in [0.3, 0.4) is 0 Å². The van der Waals surface area contributed by atoms with Crippen LogP contribution in [-0.4, -0.2) is 28.0 Å². The van der Waals surface area contributed by atoms with E-state index in [1.165, 1.54) is 18.5 Å². The smallest absolute Gasteiger partial charge is 0.326 e. The largest absolute Gasteiger partial charge is 0.454 e. The summed E-state index contributed by atoms with van der Waals surface area (Å²) in [6.07, 6.45) is 1.25. The van der Waals surface area contributed by atoms with E-state index >= 15 is 0 Å². The summed E-state index contributed by atoms with van der Waals surface area (Å²) < 4.78 is 6.01. The molecule has 0 saturated carbocycles. The Morgan fingerprint density at radius 2 is 1.79 bits per heavy atom. The van der Waals surface area contributed by atoms with Crippen LogP contribution in [0.25, 0.3) is 10.9 Å². The zero-order chi connectivity index (χ0) is 20.3. The summed E-state index contributed by atoms with van der Waals surface area (Å²) >= 11 is 17.8. The van der Waals surface area contributed by atoms with Crippen LogP contribution in [0.1, 0.15) is 0 Å². The molecule has 28 heavy (non-hydrogen) atoms. The van der Waals surface area contributed by atoms with E-state index in [0.29, 0.717) is 15.9 Å². The number of fused-ring (bicyclic) bond motifs is 1. The molecule has 3 aromatic rings. The monoisotopic (exact) mass is 439 g/mol. The number of halogens is 3. The van der Waals surface area contributed by atoms with Gasteiger partial charge >= 0.3 is 5.97 Å². The Morgan fingerprint density at radius 3 is 2.50 bits per heavy atom. The second-order valence-corrected chi connectivity index (χ2v) is 6.90. The van der Waals surface area contributed by atoms with Crippen LogP contribution in [-0.2, 0) is 20.9 Å². The molecule has 0 bridgehead atoms. The van der Waals surface area contributed by atoms with Crippen molar-refractivity contribution in [1.29, 1.82) is 0 Å². The molecule has 144 valence electrons. The van der Waals surface area contributed by atoms with E-state index in [1.807, 2.05) is 0 Å². The number of carbonyl (C=O) groups is 2. The van der Waals surface area contributed by atoms with Crippen molar-refractivity contribution in [3.05, 3.63) is 68.1 Å². The van der Waals surface area contributed by atoms with Gasteiger partial charge in [-0.15, -0.1) is 0 Å². The van der Waals surface area contributed by atoms with E-state index in [2.05, 4.69) is 10.3 Å². The first kappa shape index (κ1) is 20.1. The van der Waals surface area contributed by atoms with Crippen molar-refractivity contribution >= 4 is 63.3 Å². The summed E-state index contributed by atoms with van der Waals surface area (Å²) in [4.78, 5) is 40.4. The van der Waals surface area contributed by atoms with Crippen LogP contribution >= 0.6 is 34.8 Å². The van der Waals surface area contributed by atoms with Crippen molar-refractivity contribution in [3.63, 3.8) is 0 Å². The fourth-order valence-electron chi connectivity index (χ4n) is 2.39. The predicted octanol–water partition coefficient (Wildman–Crippen LogP) is 3.54. The lowest BCUT2D eigenvalue weighted by atomic mass is 10.2. The van der Waals surface area contributed by atoms with Gasteiger partial charge in [0.05, 0.1) is 33.0 Å². The number of carbonyl (C=O) groups excluding carboxylic acids is 2. The van der Waals surface area contributed by atoms with Gasteiger partial charge in [-0.05, 0) is 24.3 Å². The molecule has 3 rings (SSSR count). The molecule has 0 aliphatic heterocycles. The lowest BCUT2D eigenvalue weighted by Crippen LogP contribution is -2.28. The van der Waals surface area contributed by atoms with Gasteiger partial charge < -0.3 is 10.1 Å². The molecular weight excluding hydrogens is 429 g/mol. The third kappa shape index (κ3) is 4.62. The minimum atomic E-state index is -0.775. The Balaban J connectivity index is 1.61. The number of rotatable bonds is 5. The fraction of sp³-hybridized carbons (Fsp3) is 0.111. The Labute approximate surface area is 173 Å². The van der Waals surface area contributed by atoms with Crippen LogP contribution in [0.4, 0.5) is 5.69 Å². The van der Waals surface area contributed by atoms with Crippen LogP contribution in [0.15, 0.2) is 47.5 Å². The fourth-order valence-corrected chi connectivity index (χ4v) is 3.30. The van der Waals surface area contributed by atoms with Gasteiger partial charge in [0.15, 0.2) is 6.61 Å². The molecule has 10 heteroatoms. The molecule has 1 aromatic heterocycles. The number of hydrogen-bond donors (Lipinski definition) is 1. The second-order valence-electron chi connectivity index (χ2n) is 5.65. The van der Waals surface area contributed by atoms with Crippen molar-refractivity contribution in [2.45, 2.75) is 6.54 Å². The van der Waals surface area contributed by atoms with Crippen molar-refractivity contribution in [3.8, 4) is 0 Å². The van der Waals surface area contributed by atoms with E-state index in [1.54, 1.807) is 24.3 Å². The average Bonchev–Trinajstić information content (AvgIpc) is 2.65. The Hall–Kier alpha value is -2.61. The summed E-state index contributed by atoms with van der Waals surface area (Å²) in [6.45, 7) is -0.962. The maximum absolute atomic E-state index is 12.3. The average molecular weight is 441 g/mol. The number of aromatic nitrogens is 2. The van der Waals surface area contributed by atoms with Crippen molar-refractivity contribution in [1.82, 2.24) is 9.55 Å². The Morgan fingerprint density at radius 1 is 1.11 bits per heavy atom. The van der Waals surface area contributed by atoms with Crippen LogP contribution < -0.4 is 10.9 Å². The summed E-state index contributed by atoms with van der Waals surface area (Å²) in [5.74, 6) is -1.42. The topological polar surface area (TPSA) is 90.3 Å². The molecule has 7 nitrogen and oxygen atoms in total. The van der Waals surface area contributed by atoms with Gasteiger partial charge in [-0.1, -0.05) is 46.9 Å². The number of anilines is 1. The van der Waals surface area contributed by atoms with E-state index in [9.17, 15) is 14.4 Å². The molecule has 0 fully saturated rings. The zero-order valence-electron chi connectivity index (χ0n) is 14.1. The first-order valence-corrected chi connectivity index (χ1v) is 9.03. The maximum Gasteiger partial charge on any atom is 0.326 e. The van der Waals surface area contributed by atoms with Gasteiger partial charge in [0.2, 0.25) is 0 Å². The third-order valence-electron chi connectivity index (χ3n) is 3.67. The zero-order valence-corrected chi connectivity index (χ0v) is 16.4. The molecule has 0 saturated heterocycles. The number of hydrogen-bond acceptors (Lipinski definition) is 5. The normalized spacial score (nSPS) is 10.7. The van der Waals surface area contributed by atoms with E-state index < -0.39 is 18.5 Å². The number of amides is 1. The van der Waals surface area contributed by atoms with Crippen LogP contribution in [0, 0.1) is 0 Å². The highest BCUT2D eigenvalue weighted by atomic mass is 35.5. The molecular formula is C18H12Cl3N3O4.